The SMILES string of the molecule is COC(=O)[C@@]1(C)O[C@H]2O[C@H](CO)[C@@H](O[C@@H]3O[C@H](COC(C)=O)[C@H](O[C@H]4O[C@H](COC(C)=O)[C@H](OC(C)=O)[C@H](OC(C)=O)[C@H]4OC(C)=O)[C@H](OC(C)=O)[C@H]3OC(C)=O)[C@H](OC(C)=O)[C@H]2O1. The quantitative estimate of drug-likeness (QED) is 0.129. The first-order chi connectivity index (χ1) is 30.0. The molecule has 4 saturated heterocycles. The summed E-state index contributed by atoms with van der Waals surface area (Å²) in [6.07, 6.45) is -25.5. The van der Waals surface area contributed by atoms with E-state index in [1.54, 1.807) is 0 Å². The van der Waals surface area contributed by atoms with Crippen LogP contribution in [0.5, 0.6) is 0 Å². The Kier molecular flexibility index (Phi) is 17.9. The van der Waals surface area contributed by atoms with Crippen LogP contribution < -0.4 is 0 Å². The maximum Gasteiger partial charge on any atom is 0.366 e. The Labute approximate surface area is 364 Å². The first-order valence-electron chi connectivity index (χ1n) is 19.6. The predicted octanol–water partition coefficient (Wildman–Crippen LogP) is -2.06. The van der Waals surface area contributed by atoms with Crippen LogP contribution >= 0.6 is 0 Å². The van der Waals surface area contributed by atoms with Crippen molar-refractivity contribution in [1.29, 1.82) is 0 Å². The molecular weight excluding hydrogens is 872 g/mol. The van der Waals surface area contributed by atoms with E-state index in [4.69, 9.17) is 75.8 Å². The van der Waals surface area contributed by atoms with Crippen molar-refractivity contribution >= 4 is 53.7 Å². The molecule has 64 heavy (non-hydrogen) atoms. The van der Waals surface area contributed by atoms with Crippen molar-refractivity contribution in [3.63, 3.8) is 0 Å². The van der Waals surface area contributed by atoms with Gasteiger partial charge in [-0.3, -0.25) is 38.4 Å². The van der Waals surface area contributed by atoms with Crippen LogP contribution in [0.15, 0.2) is 0 Å². The van der Waals surface area contributed by atoms with Gasteiger partial charge in [-0.25, -0.2) is 4.79 Å². The molecule has 4 rings (SSSR count). The molecule has 360 valence electrons. The van der Waals surface area contributed by atoms with E-state index < -0.39 is 171 Å². The Bertz CT molecular complexity index is 1750. The van der Waals surface area contributed by atoms with Crippen LogP contribution in [0.4, 0.5) is 0 Å². The fraction of sp³-hybridized carbons (Fsp3) is 0.763. The highest BCUT2D eigenvalue weighted by Gasteiger charge is 2.63. The molecule has 0 aliphatic carbocycles. The van der Waals surface area contributed by atoms with Crippen molar-refractivity contribution < 1.29 is 124 Å². The second-order valence-electron chi connectivity index (χ2n) is 14.7. The van der Waals surface area contributed by atoms with E-state index in [9.17, 15) is 48.3 Å². The lowest BCUT2D eigenvalue weighted by Gasteiger charge is -2.50. The summed E-state index contributed by atoms with van der Waals surface area (Å²) < 4.78 is 90.9. The van der Waals surface area contributed by atoms with E-state index in [-0.39, 0.29) is 0 Å². The fourth-order valence-electron chi connectivity index (χ4n) is 7.26. The van der Waals surface area contributed by atoms with Gasteiger partial charge in [0.05, 0.1) is 13.7 Å². The summed E-state index contributed by atoms with van der Waals surface area (Å²) in [6.45, 7) is 6.94. The van der Waals surface area contributed by atoms with Crippen LogP contribution in [-0.4, -0.2) is 184 Å². The third kappa shape index (κ3) is 13.0. The molecule has 4 fully saturated rings. The number of hydrogen-bond donors (Lipinski definition) is 1. The van der Waals surface area contributed by atoms with Crippen LogP contribution in [-0.2, 0) is 119 Å². The normalized spacial score (nSPS) is 35.6. The molecular formula is C38H52O26. The molecule has 0 aromatic heterocycles. The van der Waals surface area contributed by atoms with E-state index >= 15 is 0 Å². The molecule has 26 nitrogen and oxygen atoms in total. The molecule has 4 aliphatic heterocycles. The van der Waals surface area contributed by atoms with Crippen molar-refractivity contribution in [3.05, 3.63) is 0 Å². The minimum atomic E-state index is -2.10. The van der Waals surface area contributed by atoms with Gasteiger partial charge in [-0.1, -0.05) is 0 Å². The second-order valence-corrected chi connectivity index (χ2v) is 14.7. The van der Waals surface area contributed by atoms with Crippen LogP contribution in [0.25, 0.3) is 0 Å². The number of aliphatic hydroxyl groups excluding tert-OH is 1. The highest BCUT2D eigenvalue weighted by atomic mass is 16.9. The van der Waals surface area contributed by atoms with Gasteiger partial charge in [-0.2, -0.15) is 0 Å². The number of aliphatic hydroxyl groups is 1. The lowest BCUT2D eigenvalue weighted by Crippen LogP contribution is -2.68. The summed E-state index contributed by atoms with van der Waals surface area (Å²) in [5, 5.41) is 10.5. The van der Waals surface area contributed by atoms with Crippen molar-refractivity contribution in [2.24, 2.45) is 0 Å². The van der Waals surface area contributed by atoms with Crippen LogP contribution in [0, 0.1) is 0 Å². The number of ether oxygens (including phenoxy) is 16. The molecule has 0 saturated carbocycles. The smallest absolute Gasteiger partial charge is 0.366 e. The van der Waals surface area contributed by atoms with E-state index in [0.29, 0.717) is 0 Å². The van der Waals surface area contributed by atoms with Gasteiger partial charge in [0.2, 0.25) is 0 Å². The number of fused-ring (bicyclic) bond motifs is 1. The Morgan fingerprint density at radius 3 is 1.25 bits per heavy atom. The Morgan fingerprint density at radius 1 is 0.469 bits per heavy atom. The third-order valence-corrected chi connectivity index (χ3v) is 9.51. The summed E-state index contributed by atoms with van der Waals surface area (Å²) in [5.74, 6) is -10.6. The molecule has 0 amide bonds. The van der Waals surface area contributed by atoms with Crippen LogP contribution in [0.2, 0.25) is 0 Å². The van der Waals surface area contributed by atoms with Crippen LogP contribution in [0.1, 0.15) is 62.3 Å². The van der Waals surface area contributed by atoms with E-state index in [1.165, 1.54) is 6.92 Å². The summed E-state index contributed by atoms with van der Waals surface area (Å²) in [6, 6.07) is 0. The van der Waals surface area contributed by atoms with E-state index in [2.05, 4.69) is 0 Å². The maximum absolute atomic E-state index is 12.9. The number of hydrogen-bond acceptors (Lipinski definition) is 26. The number of rotatable bonds is 16. The largest absolute Gasteiger partial charge is 0.465 e. The van der Waals surface area contributed by atoms with Gasteiger partial charge in [-0.05, 0) is 0 Å². The maximum atomic E-state index is 12.9. The molecule has 0 aromatic rings. The van der Waals surface area contributed by atoms with E-state index in [1.807, 2.05) is 0 Å². The minimum Gasteiger partial charge on any atom is -0.465 e. The Balaban J connectivity index is 1.85. The van der Waals surface area contributed by atoms with Gasteiger partial charge < -0.3 is 80.9 Å². The molecule has 0 aromatic carbocycles. The van der Waals surface area contributed by atoms with Gasteiger partial charge in [0.1, 0.15) is 43.7 Å². The molecule has 26 heteroatoms. The topological polar surface area (TPSA) is 322 Å². The summed E-state index contributed by atoms with van der Waals surface area (Å²) in [7, 11) is 1.06. The van der Waals surface area contributed by atoms with Crippen LogP contribution in [0.3, 0.4) is 0 Å². The number of methoxy groups -OCH3 is 1. The van der Waals surface area contributed by atoms with Gasteiger partial charge in [0, 0.05) is 62.3 Å². The molecule has 4 heterocycles. The van der Waals surface area contributed by atoms with Gasteiger partial charge in [0.15, 0.2) is 61.6 Å². The summed E-state index contributed by atoms with van der Waals surface area (Å²) in [4.78, 5) is 112. The standard InChI is InChI=1S/C38H52O26/c1-14(40)50-12-23-26(52-16(3)42)28(53-17(4)43)31(56-20(7)46)35(59-23)62-27-24(13-51-15(2)41)60-34(32(57-21(8)47)29(27)54-18(5)44)61-25-22(11-39)58-36-33(30(25)55-19(6)45)63-38(9,64-36)37(48)49-10/h22-36,39H,11-13H2,1-10H3/t22-,23-,24-,25-,26+,27+,28+,29+,30+,31-,32-,33-,34+,35-,36-,38-/m1/s1. The zero-order valence-electron chi connectivity index (χ0n) is 36.4. The second kappa shape index (κ2) is 22.2. The minimum absolute atomic E-state index is 0.663. The summed E-state index contributed by atoms with van der Waals surface area (Å²) in [5.41, 5.74) is 0. The number of carbonyl (C=O) groups is 9. The molecule has 4 aliphatic rings. The highest BCUT2D eigenvalue weighted by molar-refractivity contribution is 5.77. The average Bonchev–Trinajstić information content (AvgIpc) is 3.54. The van der Waals surface area contributed by atoms with Gasteiger partial charge >= 0.3 is 53.7 Å². The average molecular weight is 925 g/mol. The predicted molar refractivity (Wildman–Crippen MR) is 196 cm³/mol. The molecule has 0 unspecified atom stereocenters. The first kappa shape index (κ1) is 51.5. The lowest BCUT2D eigenvalue weighted by atomic mass is 9.95. The highest BCUT2D eigenvalue weighted by Crippen LogP contribution is 2.42. The molecule has 1 N–H and O–H groups in total. The molecule has 0 spiro atoms. The number of carbonyl (C=O) groups excluding carboxylic acids is 9. The zero-order valence-corrected chi connectivity index (χ0v) is 36.4. The fourth-order valence-corrected chi connectivity index (χ4v) is 7.26. The van der Waals surface area contributed by atoms with Crippen molar-refractivity contribution in [2.45, 2.75) is 160 Å². The zero-order chi connectivity index (χ0) is 47.8. The lowest BCUT2D eigenvalue weighted by molar-refractivity contribution is -0.375. The monoisotopic (exact) mass is 924 g/mol. The molecule has 0 bridgehead atoms. The first-order valence-corrected chi connectivity index (χ1v) is 19.6. The molecule has 0 radical (unpaired) electrons. The van der Waals surface area contributed by atoms with E-state index in [0.717, 1.165) is 62.5 Å². The van der Waals surface area contributed by atoms with Gasteiger partial charge in [-0.15, -0.1) is 0 Å². The van der Waals surface area contributed by atoms with Gasteiger partial charge in [0.25, 0.3) is 5.79 Å². The Morgan fingerprint density at radius 2 is 0.844 bits per heavy atom. The van der Waals surface area contributed by atoms with Crippen molar-refractivity contribution in [1.82, 2.24) is 0 Å². The molecule has 16 atom stereocenters. The van der Waals surface area contributed by atoms with Crippen molar-refractivity contribution in [2.75, 3.05) is 26.9 Å². The van der Waals surface area contributed by atoms with Crippen molar-refractivity contribution in [3.8, 4) is 0 Å². The summed E-state index contributed by atoms with van der Waals surface area (Å²) >= 11 is 0. The third-order valence-electron chi connectivity index (χ3n) is 9.51. The number of esters is 9. The Hall–Kier alpha value is -5.09.